The second-order valence-electron chi connectivity index (χ2n) is 6.97. The molecule has 0 aliphatic heterocycles. The van der Waals surface area contributed by atoms with Crippen molar-refractivity contribution >= 4 is 5.57 Å². The highest BCUT2D eigenvalue weighted by atomic mass is 14.7. The molecule has 0 amide bonds. The van der Waals surface area contributed by atoms with Gasteiger partial charge in [-0.2, -0.15) is 0 Å². The SMILES string of the molecule is CCCCCCCCc1ccc(C2=CC(N)(CC)CC2)cc1. The van der Waals surface area contributed by atoms with E-state index in [9.17, 15) is 0 Å². The fraction of sp³-hybridized carbons (Fsp3) is 0.619. The Morgan fingerprint density at radius 3 is 2.27 bits per heavy atom. The van der Waals surface area contributed by atoms with Crippen LogP contribution in [-0.4, -0.2) is 5.54 Å². The van der Waals surface area contributed by atoms with Crippen LogP contribution in [0.25, 0.3) is 5.57 Å². The molecule has 1 aliphatic carbocycles. The summed E-state index contributed by atoms with van der Waals surface area (Å²) in [7, 11) is 0. The summed E-state index contributed by atoms with van der Waals surface area (Å²) in [6, 6.07) is 9.20. The van der Waals surface area contributed by atoms with Gasteiger partial charge in [0.25, 0.3) is 0 Å². The topological polar surface area (TPSA) is 26.0 Å². The average molecular weight is 300 g/mol. The molecule has 1 aliphatic rings. The van der Waals surface area contributed by atoms with Crippen LogP contribution in [0.4, 0.5) is 0 Å². The van der Waals surface area contributed by atoms with Gasteiger partial charge in [-0.15, -0.1) is 0 Å². The van der Waals surface area contributed by atoms with Crippen LogP contribution < -0.4 is 5.73 Å². The van der Waals surface area contributed by atoms with Crippen LogP contribution in [0.3, 0.4) is 0 Å². The summed E-state index contributed by atoms with van der Waals surface area (Å²) in [4.78, 5) is 0. The number of nitrogens with two attached hydrogens (primary N) is 1. The van der Waals surface area contributed by atoms with Crippen molar-refractivity contribution in [2.75, 3.05) is 0 Å². The second-order valence-corrected chi connectivity index (χ2v) is 6.97. The number of hydrogen-bond acceptors (Lipinski definition) is 1. The van der Waals surface area contributed by atoms with Gasteiger partial charge in [-0.05, 0) is 48.8 Å². The number of rotatable bonds is 9. The van der Waals surface area contributed by atoms with Crippen LogP contribution >= 0.6 is 0 Å². The zero-order valence-electron chi connectivity index (χ0n) is 14.5. The smallest absolute Gasteiger partial charge is 0.0345 e. The minimum Gasteiger partial charge on any atom is -0.322 e. The first-order valence-corrected chi connectivity index (χ1v) is 9.27. The predicted octanol–water partition coefficient (Wildman–Crippen LogP) is 5.87. The highest BCUT2D eigenvalue weighted by molar-refractivity contribution is 5.69. The molecule has 0 saturated carbocycles. The van der Waals surface area contributed by atoms with Crippen LogP contribution in [0.1, 0.15) is 82.8 Å². The molecule has 0 spiro atoms. The maximum atomic E-state index is 6.36. The third-order valence-corrected chi connectivity index (χ3v) is 5.12. The summed E-state index contributed by atoms with van der Waals surface area (Å²) in [6.07, 6.45) is 15.0. The van der Waals surface area contributed by atoms with Crippen LogP contribution in [-0.2, 0) is 6.42 Å². The Bertz CT molecular complexity index is 471. The van der Waals surface area contributed by atoms with Crippen molar-refractivity contribution in [1.29, 1.82) is 0 Å². The fourth-order valence-corrected chi connectivity index (χ4v) is 3.36. The van der Waals surface area contributed by atoms with Gasteiger partial charge in [0.1, 0.15) is 0 Å². The first-order valence-electron chi connectivity index (χ1n) is 9.27. The second kappa shape index (κ2) is 8.53. The van der Waals surface area contributed by atoms with Gasteiger partial charge in [-0.3, -0.25) is 0 Å². The molecule has 1 atom stereocenters. The predicted molar refractivity (Wildman–Crippen MR) is 97.9 cm³/mol. The summed E-state index contributed by atoms with van der Waals surface area (Å²) in [5.41, 5.74) is 10.6. The van der Waals surface area contributed by atoms with E-state index in [1.807, 2.05) is 0 Å². The summed E-state index contributed by atoms with van der Waals surface area (Å²) >= 11 is 0. The van der Waals surface area contributed by atoms with Crippen molar-refractivity contribution in [3.63, 3.8) is 0 Å². The van der Waals surface area contributed by atoms with Gasteiger partial charge in [0.2, 0.25) is 0 Å². The van der Waals surface area contributed by atoms with E-state index in [-0.39, 0.29) is 5.54 Å². The summed E-state index contributed by atoms with van der Waals surface area (Å²) in [5.74, 6) is 0. The quantitative estimate of drug-likeness (QED) is 0.567. The van der Waals surface area contributed by atoms with E-state index in [1.54, 1.807) is 0 Å². The molecule has 1 aromatic rings. The molecule has 1 heteroatoms. The highest BCUT2D eigenvalue weighted by Gasteiger charge is 2.26. The first-order chi connectivity index (χ1) is 10.7. The molecule has 0 aromatic heterocycles. The lowest BCUT2D eigenvalue weighted by Gasteiger charge is -2.18. The largest absolute Gasteiger partial charge is 0.322 e. The standard InChI is InChI=1S/C21H33N/c1-3-5-6-7-8-9-10-18-11-13-19(14-12-18)20-15-16-21(22,4-2)17-20/h11-14,17H,3-10,15-16,22H2,1-2H3. The molecule has 2 rings (SSSR count). The van der Waals surface area contributed by atoms with Gasteiger partial charge >= 0.3 is 0 Å². The number of benzene rings is 1. The molecular formula is C21H33N. The molecule has 2 N–H and O–H groups in total. The highest BCUT2D eigenvalue weighted by Crippen LogP contribution is 2.34. The molecule has 0 fully saturated rings. The molecule has 0 heterocycles. The van der Waals surface area contributed by atoms with Gasteiger partial charge in [0.15, 0.2) is 0 Å². The molecule has 1 nitrogen and oxygen atoms in total. The maximum Gasteiger partial charge on any atom is 0.0345 e. The van der Waals surface area contributed by atoms with Gasteiger partial charge in [0, 0.05) is 5.54 Å². The van der Waals surface area contributed by atoms with Crippen molar-refractivity contribution < 1.29 is 0 Å². The Kier molecular flexibility index (Phi) is 6.70. The minimum absolute atomic E-state index is 0.0630. The van der Waals surface area contributed by atoms with Crippen molar-refractivity contribution in [3.8, 4) is 0 Å². The van der Waals surface area contributed by atoms with E-state index in [4.69, 9.17) is 5.73 Å². The lowest BCUT2D eigenvalue weighted by molar-refractivity contribution is 0.500. The van der Waals surface area contributed by atoms with Crippen molar-refractivity contribution in [2.45, 2.75) is 83.6 Å². The summed E-state index contributed by atoms with van der Waals surface area (Å²) in [5, 5.41) is 0. The van der Waals surface area contributed by atoms with Crippen molar-refractivity contribution in [2.24, 2.45) is 5.73 Å². The lowest BCUT2D eigenvalue weighted by atomic mass is 9.98. The maximum absolute atomic E-state index is 6.36. The average Bonchev–Trinajstić information content (AvgIpc) is 2.94. The van der Waals surface area contributed by atoms with Crippen molar-refractivity contribution in [1.82, 2.24) is 0 Å². The van der Waals surface area contributed by atoms with Gasteiger partial charge in [0.05, 0.1) is 0 Å². The van der Waals surface area contributed by atoms with Gasteiger partial charge in [-0.25, -0.2) is 0 Å². The lowest BCUT2D eigenvalue weighted by Crippen LogP contribution is -2.33. The van der Waals surface area contributed by atoms with E-state index < -0.39 is 0 Å². The number of unbranched alkanes of at least 4 members (excludes halogenated alkanes) is 5. The van der Waals surface area contributed by atoms with Crippen molar-refractivity contribution in [3.05, 3.63) is 41.5 Å². The minimum atomic E-state index is -0.0630. The fourth-order valence-electron chi connectivity index (χ4n) is 3.36. The van der Waals surface area contributed by atoms with Crippen LogP contribution in [0, 0.1) is 0 Å². The van der Waals surface area contributed by atoms with E-state index in [1.165, 1.54) is 61.6 Å². The van der Waals surface area contributed by atoms with Gasteiger partial charge in [-0.1, -0.05) is 76.3 Å². The molecule has 0 saturated heterocycles. The normalized spacial score (nSPS) is 21.1. The number of aryl methyl sites for hydroxylation is 1. The molecule has 122 valence electrons. The number of hydrogen-bond donors (Lipinski definition) is 1. The monoisotopic (exact) mass is 299 g/mol. The zero-order valence-corrected chi connectivity index (χ0v) is 14.5. The van der Waals surface area contributed by atoms with E-state index >= 15 is 0 Å². The molecule has 0 radical (unpaired) electrons. The van der Waals surface area contributed by atoms with Crippen LogP contribution in [0.15, 0.2) is 30.3 Å². The molecule has 0 bridgehead atoms. The van der Waals surface area contributed by atoms with E-state index in [2.05, 4.69) is 44.2 Å². The van der Waals surface area contributed by atoms with Crippen LogP contribution in [0.2, 0.25) is 0 Å². The molecule has 1 aromatic carbocycles. The van der Waals surface area contributed by atoms with E-state index in [0.717, 1.165) is 19.3 Å². The Labute approximate surface area is 137 Å². The Morgan fingerprint density at radius 2 is 1.64 bits per heavy atom. The third-order valence-electron chi connectivity index (χ3n) is 5.12. The Hall–Kier alpha value is -1.08. The molecular weight excluding hydrogens is 266 g/mol. The zero-order chi connectivity index (χ0) is 15.8. The Morgan fingerprint density at radius 1 is 0.955 bits per heavy atom. The molecule has 1 unspecified atom stereocenters. The van der Waals surface area contributed by atoms with Crippen LogP contribution in [0.5, 0.6) is 0 Å². The summed E-state index contributed by atoms with van der Waals surface area (Å²) < 4.78 is 0. The third kappa shape index (κ3) is 4.98. The Balaban J connectivity index is 1.80. The first kappa shape index (κ1) is 17.3. The van der Waals surface area contributed by atoms with Gasteiger partial charge < -0.3 is 5.73 Å². The molecule has 22 heavy (non-hydrogen) atoms. The summed E-state index contributed by atoms with van der Waals surface area (Å²) in [6.45, 7) is 4.46. The number of allylic oxidation sites excluding steroid dienone is 1. The van der Waals surface area contributed by atoms with E-state index in [0.29, 0.717) is 0 Å².